The van der Waals surface area contributed by atoms with Gasteiger partial charge in [-0.3, -0.25) is 4.79 Å². The lowest BCUT2D eigenvalue weighted by atomic mass is 9.89. The van der Waals surface area contributed by atoms with Crippen LogP contribution in [0.4, 0.5) is 0 Å². The summed E-state index contributed by atoms with van der Waals surface area (Å²) in [5.41, 5.74) is -1.13. The molecular weight excluding hydrogens is 564 g/mol. The van der Waals surface area contributed by atoms with Gasteiger partial charge in [0.2, 0.25) is 6.29 Å². The molecule has 10 atom stereocenters. The highest BCUT2D eigenvalue weighted by Gasteiger charge is 2.48. The first-order valence-electron chi connectivity index (χ1n) is 12.9. The second-order valence-corrected chi connectivity index (χ2v) is 10.1. The SMILES string of the molecule is O=c1cc(-c2ccc(O)cc2)oc2cc(O[C@@H]3O[C@H](CO)[C@H](O)[C@H](O)[C@H]3O)c([C@@H]3O[C@H](CO)[C@@H](O)[C@H](O)[C@H]3O)c(O)c12. The number of hydrogen-bond acceptors (Lipinski definition) is 15. The molecule has 10 N–H and O–H groups in total. The Morgan fingerprint density at radius 2 is 1.33 bits per heavy atom. The number of ether oxygens (including phenoxy) is 3. The van der Waals surface area contributed by atoms with Crippen LogP contribution in [-0.4, -0.2) is 119 Å². The fourth-order valence-corrected chi connectivity index (χ4v) is 5.07. The van der Waals surface area contributed by atoms with Crippen LogP contribution < -0.4 is 10.2 Å². The molecule has 0 aliphatic carbocycles. The summed E-state index contributed by atoms with van der Waals surface area (Å²) in [6, 6.07) is 7.78. The van der Waals surface area contributed by atoms with Gasteiger partial charge in [-0.15, -0.1) is 0 Å². The van der Waals surface area contributed by atoms with Gasteiger partial charge in [0.05, 0.1) is 18.8 Å². The Morgan fingerprint density at radius 3 is 1.95 bits per heavy atom. The van der Waals surface area contributed by atoms with Gasteiger partial charge >= 0.3 is 0 Å². The summed E-state index contributed by atoms with van der Waals surface area (Å²) in [5.74, 6) is -1.33. The first-order valence-corrected chi connectivity index (χ1v) is 12.9. The number of phenols is 2. The zero-order valence-corrected chi connectivity index (χ0v) is 21.7. The van der Waals surface area contributed by atoms with E-state index in [9.17, 15) is 55.9 Å². The van der Waals surface area contributed by atoms with Crippen molar-refractivity contribution in [2.24, 2.45) is 0 Å². The minimum atomic E-state index is -1.94. The molecule has 2 saturated heterocycles. The fourth-order valence-electron chi connectivity index (χ4n) is 5.07. The van der Waals surface area contributed by atoms with Crippen LogP contribution in [0, 0.1) is 0 Å². The Morgan fingerprint density at radius 1 is 0.738 bits per heavy atom. The van der Waals surface area contributed by atoms with Gasteiger partial charge in [0, 0.05) is 17.7 Å². The number of aromatic hydroxyl groups is 2. The highest BCUT2D eigenvalue weighted by atomic mass is 16.7. The van der Waals surface area contributed by atoms with Gasteiger partial charge in [-0.25, -0.2) is 0 Å². The predicted molar refractivity (Wildman–Crippen MR) is 138 cm³/mol. The standard InChI is InChI=1S/C27H30O15/c28-7-15-19(32)22(35)24(37)26(40-15)18-14(41-27-25(38)23(36)20(33)16(8-29)42-27)6-13-17(21(18)34)11(31)5-12(39-13)9-1-3-10(30)4-2-9/h1-6,15-16,19-20,22-30,32-38H,7-8H2/t15-,16-,19-,20+,22+,23+,24-,25-,26+,27-/m1/s1. The van der Waals surface area contributed by atoms with Crippen LogP contribution in [-0.2, 0) is 9.47 Å². The Hall–Kier alpha value is -3.35. The summed E-state index contributed by atoms with van der Waals surface area (Å²) < 4.78 is 22.6. The van der Waals surface area contributed by atoms with E-state index >= 15 is 0 Å². The number of fused-ring (bicyclic) bond motifs is 1. The van der Waals surface area contributed by atoms with Gasteiger partial charge in [-0.2, -0.15) is 0 Å². The van der Waals surface area contributed by atoms with Crippen molar-refractivity contribution in [1.82, 2.24) is 0 Å². The van der Waals surface area contributed by atoms with Gasteiger partial charge in [-0.05, 0) is 24.3 Å². The van der Waals surface area contributed by atoms with Crippen LogP contribution in [0.15, 0.2) is 45.6 Å². The molecule has 15 heteroatoms. The average Bonchev–Trinajstić information content (AvgIpc) is 2.97. The molecule has 0 amide bonds. The van der Waals surface area contributed by atoms with Crippen LogP contribution in [0.25, 0.3) is 22.3 Å². The molecule has 228 valence electrons. The maximum atomic E-state index is 13.2. The Kier molecular flexibility index (Phi) is 8.41. The number of aliphatic hydroxyl groups is 8. The predicted octanol–water partition coefficient (Wildman–Crippen LogP) is -2.44. The molecule has 2 fully saturated rings. The zero-order valence-electron chi connectivity index (χ0n) is 21.7. The number of phenolic OH excluding ortho intramolecular Hbond substituents is 2. The van der Waals surface area contributed by atoms with Crippen LogP contribution in [0.3, 0.4) is 0 Å². The summed E-state index contributed by atoms with van der Waals surface area (Å²) >= 11 is 0. The minimum absolute atomic E-state index is 0.0197. The quantitative estimate of drug-likeness (QED) is 0.142. The third kappa shape index (κ3) is 5.20. The third-order valence-corrected chi connectivity index (χ3v) is 7.41. The van der Waals surface area contributed by atoms with Crippen molar-refractivity contribution in [3.05, 3.63) is 52.2 Å². The summed E-state index contributed by atoms with van der Waals surface area (Å²) in [7, 11) is 0. The molecule has 0 unspecified atom stereocenters. The minimum Gasteiger partial charge on any atom is -0.508 e. The fraction of sp³-hybridized carbons (Fsp3) is 0.444. The summed E-state index contributed by atoms with van der Waals surface area (Å²) in [5, 5.41) is 102. The van der Waals surface area contributed by atoms with E-state index in [-0.39, 0.29) is 17.1 Å². The Bertz CT molecular complexity index is 1470. The average molecular weight is 595 g/mol. The van der Waals surface area contributed by atoms with Gasteiger partial charge < -0.3 is 69.7 Å². The molecular formula is C27H30O15. The van der Waals surface area contributed by atoms with Crippen molar-refractivity contribution in [1.29, 1.82) is 0 Å². The lowest BCUT2D eigenvalue weighted by Gasteiger charge is -2.42. The van der Waals surface area contributed by atoms with Crippen molar-refractivity contribution in [3.8, 4) is 28.6 Å². The van der Waals surface area contributed by atoms with E-state index in [2.05, 4.69) is 0 Å². The molecule has 0 bridgehead atoms. The molecule has 2 aromatic carbocycles. The lowest BCUT2D eigenvalue weighted by molar-refractivity contribution is -0.278. The molecule has 42 heavy (non-hydrogen) atoms. The van der Waals surface area contributed by atoms with Crippen molar-refractivity contribution in [2.75, 3.05) is 13.2 Å². The normalized spacial score (nSPS) is 33.5. The third-order valence-electron chi connectivity index (χ3n) is 7.41. The van der Waals surface area contributed by atoms with Crippen LogP contribution in [0.5, 0.6) is 17.2 Å². The molecule has 0 spiro atoms. The van der Waals surface area contributed by atoms with Crippen molar-refractivity contribution >= 4 is 11.0 Å². The topological polar surface area (TPSA) is 260 Å². The molecule has 0 radical (unpaired) electrons. The summed E-state index contributed by atoms with van der Waals surface area (Å²) in [4.78, 5) is 13.2. The van der Waals surface area contributed by atoms with Gasteiger partial charge in [0.25, 0.3) is 0 Å². The lowest BCUT2D eigenvalue weighted by Crippen LogP contribution is -2.60. The molecule has 2 aliphatic rings. The van der Waals surface area contributed by atoms with E-state index in [1.165, 1.54) is 24.3 Å². The number of benzene rings is 2. The van der Waals surface area contributed by atoms with E-state index in [0.29, 0.717) is 5.56 Å². The molecule has 3 aromatic rings. The van der Waals surface area contributed by atoms with E-state index in [1.807, 2.05) is 0 Å². The molecule has 1 aromatic heterocycles. The maximum Gasteiger partial charge on any atom is 0.229 e. The van der Waals surface area contributed by atoms with E-state index < -0.39 is 102 Å². The van der Waals surface area contributed by atoms with E-state index in [4.69, 9.17) is 18.6 Å². The number of hydrogen-bond donors (Lipinski definition) is 10. The van der Waals surface area contributed by atoms with Crippen LogP contribution >= 0.6 is 0 Å². The maximum absolute atomic E-state index is 13.2. The van der Waals surface area contributed by atoms with E-state index in [1.54, 1.807) is 0 Å². The van der Waals surface area contributed by atoms with Crippen molar-refractivity contribution < 1.29 is 69.7 Å². The van der Waals surface area contributed by atoms with Crippen molar-refractivity contribution in [2.45, 2.75) is 61.2 Å². The van der Waals surface area contributed by atoms with Crippen LogP contribution in [0.1, 0.15) is 11.7 Å². The first-order chi connectivity index (χ1) is 20.0. The summed E-state index contributed by atoms with van der Waals surface area (Å²) in [6.45, 7) is -1.59. The smallest absolute Gasteiger partial charge is 0.229 e. The Balaban J connectivity index is 1.68. The van der Waals surface area contributed by atoms with Gasteiger partial charge in [-0.1, -0.05) is 0 Å². The largest absolute Gasteiger partial charge is 0.508 e. The monoisotopic (exact) mass is 594 g/mol. The van der Waals surface area contributed by atoms with Crippen LogP contribution in [0.2, 0.25) is 0 Å². The second kappa shape index (κ2) is 11.7. The number of aliphatic hydroxyl groups excluding tert-OH is 8. The summed E-state index contributed by atoms with van der Waals surface area (Å²) in [6.07, 6.45) is -17.4. The molecule has 0 saturated carbocycles. The molecule has 15 nitrogen and oxygen atoms in total. The number of rotatable bonds is 6. The zero-order chi connectivity index (χ0) is 30.5. The highest BCUT2D eigenvalue weighted by molar-refractivity contribution is 5.88. The van der Waals surface area contributed by atoms with Gasteiger partial charge in [0.1, 0.15) is 88.9 Å². The first kappa shape index (κ1) is 30.1. The Labute approximate surface area is 236 Å². The molecule has 5 rings (SSSR count). The highest BCUT2D eigenvalue weighted by Crippen LogP contribution is 2.46. The van der Waals surface area contributed by atoms with E-state index in [0.717, 1.165) is 12.1 Å². The molecule has 2 aliphatic heterocycles. The molecule has 3 heterocycles. The second-order valence-electron chi connectivity index (χ2n) is 10.1. The van der Waals surface area contributed by atoms with Crippen molar-refractivity contribution in [3.63, 3.8) is 0 Å². The van der Waals surface area contributed by atoms with Gasteiger partial charge in [0.15, 0.2) is 5.43 Å².